The molecule has 2 fully saturated rings. The second kappa shape index (κ2) is 10.1. The smallest absolute Gasteiger partial charge is 0.225 e. The maximum absolute atomic E-state index is 12.5. The van der Waals surface area contributed by atoms with E-state index in [1.165, 1.54) is 12.8 Å². The second-order valence-corrected chi connectivity index (χ2v) is 6.85. The van der Waals surface area contributed by atoms with Gasteiger partial charge in [-0.05, 0) is 26.2 Å². The van der Waals surface area contributed by atoms with E-state index in [4.69, 9.17) is 0 Å². The van der Waals surface area contributed by atoms with Crippen molar-refractivity contribution in [3.63, 3.8) is 0 Å². The minimum atomic E-state index is 0. The molecule has 1 saturated carbocycles. The van der Waals surface area contributed by atoms with E-state index in [0.717, 1.165) is 50.7 Å². The van der Waals surface area contributed by atoms with E-state index in [0.29, 0.717) is 12.5 Å². The van der Waals surface area contributed by atoms with Crippen LogP contribution in [0.2, 0.25) is 0 Å². The van der Waals surface area contributed by atoms with Gasteiger partial charge in [-0.15, -0.1) is 34.2 Å². The molecule has 1 amide bonds. The van der Waals surface area contributed by atoms with Crippen LogP contribution in [0.1, 0.15) is 44.9 Å². The number of aryl methyl sites for hydroxylation is 1. The number of carbonyl (C=O) groups is 1. The van der Waals surface area contributed by atoms with Gasteiger partial charge in [0.05, 0.1) is 6.54 Å². The number of hydrogen-bond donors (Lipinski definition) is 2. The minimum absolute atomic E-state index is 0. The first-order valence-corrected chi connectivity index (χ1v) is 9.34. The molecule has 1 atom stereocenters. The van der Waals surface area contributed by atoms with Crippen LogP contribution in [-0.4, -0.2) is 57.7 Å². The number of carbonyl (C=O) groups excluding carboxylic acids is 1. The lowest BCUT2D eigenvalue weighted by molar-refractivity contribution is -0.134. The molecule has 2 heterocycles. The Bertz CT molecular complexity index is 612. The van der Waals surface area contributed by atoms with Gasteiger partial charge in [-0.3, -0.25) is 9.79 Å². The molecule has 3 rings (SSSR count). The molecular formula is C17H30IN7O. The molecule has 1 unspecified atom stereocenters. The number of rotatable bonds is 5. The van der Waals surface area contributed by atoms with Gasteiger partial charge in [0.2, 0.25) is 5.91 Å². The predicted octanol–water partition coefficient (Wildman–Crippen LogP) is 1.37. The maximum atomic E-state index is 12.5. The number of halogens is 1. The molecule has 1 aromatic rings. The first-order chi connectivity index (χ1) is 12.2. The van der Waals surface area contributed by atoms with E-state index in [2.05, 4.69) is 32.7 Å². The van der Waals surface area contributed by atoms with Gasteiger partial charge in [-0.1, -0.05) is 12.8 Å². The maximum Gasteiger partial charge on any atom is 0.225 e. The zero-order valence-electron chi connectivity index (χ0n) is 15.6. The number of amides is 1. The highest BCUT2D eigenvalue weighted by Crippen LogP contribution is 2.27. The molecule has 0 aromatic carbocycles. The fraction of sp³-hybridized carbons (Fsp3) is 0.765. The van der Waals surface area contributed by atoms with Crippen LogP contribution in [0.4, 0.5) is 0 Å². The minimum Gasteiger partial charge on any atom is -0.352 e. The molecule has 0 radical (unpaired) electrons. The Labute approximate surface area is 172 Å². The van der Waals surface area contributed by atoms with Gasteiger partial charge in [0.25, 0.3) is 0 Å². The molecule has 1 aromatic heterocycles. The number of likely N-dealkylation sites (tertiary alicyclic amines) is 1. The van der Waals surface area contributed by atoms with Gasteiger partial charge in [0.1, 0.15) is 6.33 Å². The molecule has 26 heavy (non-hydrogen) atoms. The lowest BCUT2D eigenvalue weighted by Gasteiger charge is -2.21. The molecule has 1 aliphatic heterocycles. The van der Waals surface area contributed by atoms with Crippen LogP contribution in [0.15, 0.2) is 11.3 Å². The van der Waals surface area contributed by atoms with E-state index in [1.807, 2.05) is 9.47 Å². The summed E-state index contributed by atoms with van der Waals surface area (Å²) in [6, 6.07) is 0.251. The molecule has 2 N–H and O–H groups in total. The van der Waals surface area contributed by atoms with Crippen molar-refractivity contribution >= 4 is 35.8 Å². The number of nitrogens with zero attached hydrogens (tertiary/aromatic N) is 5. The van der Waals surface area contributed by atoms with Crippen LogP contribution < -0.4 is 10.6 Å². The fourth-order valence-electron chi connectivity index (χ4n) is 3.74. The highest BCUT2D eigenvalue weighted by Gasteiger charge is 2.32. The topological polar surface area (TPSA) is 87.4 Å². The summed E-state index contributed by atoms with van der Waals surface area (Å²) < 4.78 is 2.00. The Kier molecular flexibility index (Phi) is 8.11. The zero-order chi connectivity index (χ0) is 17.6. The highest BCUT2D eigenvalue weighted by atomic mass is 127. The summed E-state index contributed by atoms with van der Waals surface area (Å²) in [4.78, 5) is 18.8. The van der Waals surface area contributed by atoms with Crippen molar-refractivity contribution in [2.24, 2.45) is 10.9 Å². The van der Waals surface area contributed by atoms with Crippen molar-refractivity contribution in [1.82, 2.24) is 30.3 Å². The van der Waals surface area contributed by atoms with Crippen LogP contribution in [-0.2, 0) is 17.9 Å². The monoisotopic (exact) mass is 475 g/mol. The Hall–Kier alpha value is -1.39. The van der Waals surface area contributed by atoms with Gasteiger partial charge in [-0.2, -0.15) is 0 Å². The third-order valence-electron chi connectivity index (χ3n) is 5.22. The Morgan fingerprint density at radius 2 is 2.12 bits per heavy atom. The lowest BCUT2D eigenvalue weighted by atomic mass is 10.1. The highest BCUT2D eigenvalue weighted by molar-refractivity contribution is 14.0. The quantitative estimate of drug-likeness (QED) is 0.382. The molecule has 146 valence electrons. The molecule has 1 aliphatic carbocycles. The van der Waals surface area contributed by atoms with Crippen molar-refractivity contribution in [2.45, 2.75) is 58.2 Å². The van der Waals surface area contributed by atoms with Crippen molar-refractivity contribution in [3.05, 3.63) is 12.2 Å². The first-order valence-electron chi connectivity index (χ1n) is 9.34. The summed E-state index contributed by atoms with van der Waals surface area (Å²) in [5.74, 6) is 2.23. The molecule has 2 aliphatic rings. The summed E-state index contributed by atoms with van der Waals surface area (Å²) in [5.41, 5.74) is 0. The van der Waals surface area contributed by atoms with Crippen LogP contribution in [0, 0.1) is 5.92 Å². The van der Waals surface area contributed by atoms with E-state index < -0.39 is 0 Å². The summed E-state index contributed by atoms with van der Waals surface area (Å²) >= 11 is 0. The van der Waals surface area contributed by atoms with Gasteiger partial charge >= 0.3 is 0 Å². The fourth-order valence-corrected chi connectivity index (χ4v) is 3.74. The third kappa shape index (κ3) is 5.08. The Morgan fingerprint density at radius 1 is 1.35 bits per heavy atom. The summed E-state index contributed by atoms with van der Waals surface area (Å²) in [7, 11) is 1.76. The molecule has 8 nitrogen and oxygen atoms in total. The molecule has 1 saturated heterocycles. The van der Waals surface area contributed by atoms with Gasteiger partial charge in [-0.25, -0.2) is 0 Å². The summed E-state index contributed by atoms with van der Waals surface area (Å²) in [6.45, 7) is 5.09. The Morgan fingerprint density at radius 3 is 2.81 bits per heavy atom. The Balaban J connectivity index is 0.00000243. The van der Waals surface area contributed by atoms with E-state index in [-0.39, 0.29) is 35.9 Å². The number of nitrogens with one attached hydrogen (secondary N) is 2. The summed E-state index contributed by atoms with van der Waals surface area (Å²) in [5, 5.41) is 14.8. The number of hydrogen-bond acceptors (Lipinski definition) is 4. The average molecular weight is 475 g/mol. The van der Waals surface area contributed by atoms with Crippen molar-refractivity contribution in [1.29, 1.82) is 0 Å². The number of aliphatic imine (C=N–C) groups is 1. The largest absolute Gasteiger partial charge is 0.352 e. The van der Waals surface area contributed by atoms with Gasteiger partial charge < -0.3 is 20.1 Å². The molecule has 0 bridgehead atoms. The second-order valence-electron chi connectivity index (χ2n) is 6.85. The first kappa shape index (κ1) is 20.9. The van der Waals surface area contributed by atoms with Gasteiger partial charge in [0.15, 0.2) is 11.8 Å². The van der Waals surface area contributed by atoms with Crippen LogP contribution in [0.5, 0.6) is 0 Å². The molecule has 9 heteroatoms. The molecule has 0 spiro atoms. The van der Waals surface area contributed by atoms with Crippen LogP contribution >= 0.6 is 24.0 Å². The van der Waals surface area contributed by atoms with Gasteiger partial charge in [0, 0.05) is 38.6 Å². The average Bonchev–Trinajstić information content (AvgIpc) is 3.39. The van der Waals surface area contributed by atoms with Crippen molar-refractivity contribution in [3.8, 4) is 0 Å². The standard InChI is InChI=1S/C17H29N7O.HI/c1-3-23-12-20-22-15(23)10-19-17(18-2)21-14-8-9-24(11-14)16(25)13-6-4-5-7-13;/h12-14H,3-11H2,1-2H3,(H2,18,19,21);1H. The molecular weight excluding hydrogens is 445 g/mol. The lowest BCUT2D eigenvalue weighted by Crippen LogP contribution is -2.45. The number of guanidine groups is 1. The van der Waals surface area contributed by atoms with Crippen LogP contribution in [0.3, 0.4) is 0 Å². The van der Waals surface area contributed by atoms with E-state index in [9.17, 15) is 4.79 Å². The number of aromatic nitrogens is 3. The van der Waals surface area contributed by atoms with Crippen molar-refractivity contribution < 1.29 is 4.79 Å². The van der Waals surface area contributed by atoms with Crippen LogP contribution in [0.25, 0.3) is 0 Å². The summed E-state index contributed by atoms with van der Waals surface area (Å²) in [6.07, 6.45) is 7.22. The SMILES string of the molecule is CCn1cnnc1CNC(=NC)NC1CCN(C(=O)C2CCCC2)C1.I. The third-order valence-corrected chi connectivity index (χ3v) is 5.22. The van der Waals surface area contributed by atoms with Crippen molar-refractivity contribution in [2.75, 3.05) is 20.1 Å². The predicted molar refractivity (Wildman–Crippen MR) is 111 cm³/mol. The van der Waals surface area contributed by atoms with E-state index in [1.54, 1.807) is 13.4 Å². The van der Waals surface area contributed by atoms with E-state index >= 15 is 0 Å². The zero-order valence-corrected chi connectivity index (χ0v) is 18.0. The normalized spacial score (nSPS) is 20.9.